The molecule has 1 aliphatic carbocycles. The Hall–Kier alpha value is -3.50. The molecule has 2 bridgehead atoms. The van der Waals surface area contributed by atoms with Crippen molar-refractivity contribution < 1.29 is 18.3 Å². The number of methoxy groups -OCH3 is 1. The predicted molar refractivity (Wildman–Crippen MR) is 138 cm³/mol. The first-order chi connectivity index (χ1) is 18.3. The highest BCUT2D eigenvalue weighted by Crippen LogP contribution is 2.46. The second-order valence-corrected chi connectivity index (χ2v) is 10.5. The van der Waals surface area contributed by atoms with Crippen molar-refractivity contribution in [2.75, 3.05) is 13.7 Å². The maximum atomic E-state index is 14.8. The Balaban J connectivity index is 1.14. The molecule has 0 radical (unpaired) electrons. The highest BCUT2D eigenvalue weighted by Gasteiger charge is 2.49. The summed E-state index contributed by atoms with van der Waals surface area (Å²) in [6.45, 7) is 0.776. The first kappa shape index (κ1) is 24.8. The number of nitrogens with one attached hydrogen (secondary N) is 1. The quantitative estimate of drug-likeness (QED) is 0.394. The Morgan fingerprint density at radius 1 is 1.11 bits per heavy atom. The highest BCUT2D eigenvalue weighted by molar-refractivity contribution is 5.78. The van der Waals surface area contributed by atoms with Gasteiger partial charge in [-0.3, -0.25) is 9.78 Å². The molecule has 1 aromatic carbocycles. The van der Waals surface area contributed by atoms with E-state index in [1.54, 1.807) is 25.2 Å². The van der Waals surface area contributed by atoms with Crippen molar-refractivity contribution in [2.45, 2.75) is 56.2 Å². The summed E-state index contributed by atoms with van der Waals surface area (Å²) in [5, 5.41) is 3.54. The molecule has 3 aromatic heterocycles. The van der Waals surface area contributed by atoms with Crippen LogP contribution in [0, 0.1) is 11.6 Å². The van der Waals surface area contributed by atoms with Crippen LogP contribution in [0.1, 0.15) is 43.4 Å². The summed E-state index contributed by atoms with van der Waals surface area (Å²) in [4.78, 5) is 25.9. The first-order valence-corrected chi connectivity index (χ1v) is 12.8. The van der Waals surface area contributed by atoms with Gasteiger partial charge in [-0.15, -0.1) is 0 Å². The summed E-state index contributed by atoms with van der Waals surface area (Å²) in [7, 11) is 3.20. The normalized spacial score (nSPS) is 22.8. The monoisotopic (exact) mass is 521 g/mol. The number of hydrogen-bond donors (Lipinski definition) is 1. The van der Waals surface area contributed by atoms with E-state index in [0.717, 1.165) is 25.7 Å². The summed E-state index contributed by atoms with van der Waals surface area (Å²) in [6.07, 6.45) is 5.82. The molecular weight excluding hydrogens is 492 g/mol. The van der Waals surface area contributed by atoms with E-state index in [9.17, 15) is 13.6 Å². The van der Waals surface area contributed by atoms with E-state index >= 15 is 0 Å². The SMILES string of the molecule is COc1ccc2ncc(F)c(CCC34CCC(NCc5nc6cc(F)ccc6n(C)c5=O)(CC3)CO4)c2n1. The summed E-state index contributed by atoms with van der Waals surface area (Å²) in [5.41, 5.74) is 2.30. The van der Waals surface area contributed by atoms with Crippen LogP contribution in [0.5, 0.6) is 5.88 Å². The molecule has 38 heavy (non-hydrogen) atoms. The third-order valence-electron chi connectivity index (χ3n) is 8.29. The fourth-order valence-electron chi connectivity index (χ4n) is 5.85. The number of pyridine rings is 2. The van der Waals surface area contributed by atoms with Gasteiger partial charge in [-0.25, -0.2) is 18.7 Å². The van der Waals surface area contributed by atoms with Crippen molar-refractivity contribution in [3.63, 3.8) is 0 Å². The van der Waals surface area contributed by atoms with Crippen LogP contribution < -0.4 is 15.6 Å². The number of aryl methyl sites for hydroxylation is 2. The molecule has 4 aromatic rings. The average molecular weight is 522 g/mol. The second kappa shape index (κ2) is 9.36. The minimum absolute atomic E-state index is 0.202. The van der Waals surface area contributed by atoms with Crippen LogP contribution in [0.3, 0.4) is 0 Å². The summed E-state index contributed by atoms with van der Waals surface area (Å²) in [6, 6.07) is 7.74. The van der Waals surface area contributed by atoms with Gasteiger partial charge in [-0.05, 0) is 56.7 Å². The molecular formula is C28H29F2N5O3. The van der Waals surface area contributed by atoms with E-state index in [0.29, 0.717) is 58.7 Å². The molecule has 10 heteroatoms. The molecule has 1 saturated carbocycles. The second-order valence-electron chi connectivity index (χ2n) is 10.5. The van der Waals surface area contributed by atoms with Crippen LogP contribution in [-0.4, -0.2) is 44.4 Å². The lowest BCUT2D eigenvalue weighted by Crippen LogP contribution is -2.61. The third kappa shape index (κ3) is 4.31. The average Bonchev–Trinajstić information content (AvgIpc) is 2.94. The number of rotatable bonds is 7. The van der Waals surface area contributed by atoms with E-state index in [1.165, 1.54) is 30.0 Å². The molecule has 2 saturated heterocycles. The topological polar surface area (TPSA) is 91.2 Å². The van der Waals surface area contributed by atoms with Crippen LogP contribution in [0.15, 0.2) is 41.3 Å². The van der Waals surface area contributed by atoms with Gasteiger partial charge in [0.15, 0.2) is 0 Å². The fourth-order valence-corrected chi connectivity index (χ4v) is 5.85. The molecule has 7 rings (SSSR count). The number of aromatic nitrogens is 4. The summed E-state index contributed by atoms with van der Waals surface area (Å²) < 4.78 is 41.7. The van der Waals surface area contributed by atoms with E-state index in [2.05, 4.69) is 20.3 Å². The van der Waals surface area contributed by atoms with E-state index < -0.39 is 0 Å². The van der Waals surface area contributed by atoms with Gasteiger partial charge in [-0.1, -0.05) is 0 Å². The Kier molecular flexibility index (Phi) is 6.11. The Bertz CT molecular complexity index is 1580. The number of hydrogen-bond acceptors (Lipinski definition) is 7. The molecule has 1 N–H and O–H groups in total. The molecule has 0 atom stereocenters. The standard InChI is InChI=1S/C28H29F2N5O3/c1-35-23-5-3-17(29)13-21(23)33-22(26(35)36)15-32-27-9-11-28(12-10-27,38-16-27)8-7-18-19(30)14-31-20-4-6-24(37-2)34-25(18)20/h3-6,13-14,32H,7-12,15-16H2,1-2H3. The molecule has 5 heterocycles. The zero-order valence-electron chi connectivity index (χ0n) is 21.4. The van der Waals surface area contributed by atoms with E-state index in [-0.39, 0.29) is 34.9 Å². The number of nitrogens with zero attached hydrogens (tertiary/aromatic N) is 4. The van der Waals surface area contributed by atoms with Crippen LogP contribution >= 0.6 is 0 Å². The molecule has 3 fully saturated rings. The molecule has 2 aliphatic heterocycles. The minimum atomic E-state index is -0.389. The van der Waals surface area contributed by atoms with E-state index in [4.69, 9.17) is 9.47 Å². The number of fused-ring (bicyclic) bond motifs is 5. The van der Waals surface area contributed by atoms with Crippen LogP contribution in [0.4, 0.5) is 8.78 Å². The van der Waals surface area contributed by atoms with Gasteiger partial charge in [0.2, 0.25) is 5.88 Å². The van der Waals surface area contributed by atoms with Gasteiger partial charge in [0, 0.05) is 36.8 Å². The van der Waals surface area contributed by atoms with Gasteiger partial charge < -0.3 is 19.4 Å². The minimum Gasteiger partial charge on any atom is -0.481 e. The third-order valence-corrected chi connectivity index (χ3v) is 8.29. The van der Waals surface area contributed by atoms with Crippen molar-refractivity contribution in [3.8, 4) is 5.88 Å². The lowest BCUT2D eigenvalue weighted by Gasteiger charge is -2.53. The zero-order valence-corrected chi connectivity index (χ0v) is 21.4. The van der Waals surface area contributed by atoms with Gasteiger partial charge in [0.05, 0.1) is 47.6 Å². The summed E-state index contributed by atoms with van der Waals surface area (Å²) >= 11 is 0. The Morgan fingerprint density at radius 3 is 2.66 bits per heavy atom. The Morgan fingerprint density at radius 2 is 1.92 bits per heavy atom. The molecule has 0 unspecified atom stereocenters. The van der Waals surface area contributed by atoms with Crippen molar-refractivity contribution in [1.29, 1.82) is 0 Å². The fraction of sp³-hybridized carbons (Fsp3) is 0.429. The van der Waals surface area contributed by atoms with Gasteiger partial charge >= 0.3 is 0 Å². The van der Waals surface area contributed by atoms with Gasteiger partial charge in [-0.2, -0.15) is 0 Å². The smallest absolute Gasteiger partial charge is 0.273 e. The van der Waals surface area contributed by atoms with Crippen molar-refractivity contribution >= 4 is 22.1 Å². The molecule has 198 valence electrons. The Labute approximate surface area is 218 Å². The largest absolute Gasteiger partial charge is 0.481 e. The summed E-state index contributed by atoms with van der Waals surface area (Å²) in [5.74, 6) is -0.339. The van der Waals surface area contributed by atoms with Gasteiger partial charge in [0.1, 0.15) is 17.3 Å². The van der Waals surface area contributed by atoms with Gasteiger partial charge in [0.25, 0.3) is 5.56 Å². The predicted octanol–water partition coefficient (Wildman–Crippen LogP) is 3.97. The van der Waals surface area contributed by atoms with E-state index in [1.807, 2.05) is 0 Å². The number of benzene rings is 1. The maximum Gasteiger partial charge on any atom is 0.273 e. The van der Waals surface area contributed by atoms with Crippen LogP contribution in [0.2, 0.25) is 0 Å². The number of halogens is 2. The van der Waals surface area contributed by atoms with Crippen molar-refractivity contribution in [3.05, 3.63) is 69.8 Å². The van der Waals surface area contributed by atoms with Crippen molar-refractivity contribution in [1.82, 2.24) is 24.8 Å². The maximum absolute atomic E-state index is 14.8. The highest BCUT2D eigenvalue weighted by atomic mass is 19.1. The molecule has 8 nitrogen and oxygen atoms in total. The van der Waals surface area contributed by atoms with Crippen molar-refractivity contribution in [2.24, 2.45) is 7.05 Å². The molecule has 3 aliphatic rings. The lowest BCUT2D eigenvalue weighted by atomic mass is 9.69. The molecule has 0 amide bonds. The van der Waals surface area contributed by atoms with Crippen LogP contribution in [-0.2, 0) is 24.8 Å². The number of ether oxygens (including phenoxy) is 2. The van der Waals surface area contributed by atoms with Crippen LogP contribution in [0.25, 0.3) is 22.1 Å². The molecule has 0 spiro atoms. The first-order valence-electron chi connectivity index (χ1n) is 12.8. The zero-order chi connectivity index (χ0) is 26.5. The lowest BCUT2D eigenvalue weighted by molar-refractivity contribution is -0.165.